The molecule has 6 aliphatic rings. The second-order valence-corrected chi connectivity index (χ2v) is 9.91. The van der Waals surface area contributed by atoms with Gasteiger partial charge in [-0.25, -0.2) is 4.79 Å². The number of rotatable bonds is 2. The van der Waals surface area contributed by atoms with Gasteiger partial charge in [0.2, 0.25) is 11.6 Å². The van der Waals surface area contributed by atoms with Crippen LogP contribution in [0, 0.1) is 23.7 Å². The van der Waals surface area contributed by atoms with Gasteiger partial charge in [-0.1, -0.05) is 12.1 Å². The van der Waals surface area contributed by atoms with Gasteiger partial charge < -0.3 is 9.84 Å². The summed E-state index contributed by atoms with van der Waals surface area (Å²) in [6, 6.07) is 7.36. The van der Waals surface area contributed by atoms with Crippen LogP contribution in [0.1, 0.15) is 79.6 Å². The lowest BCUT2D eigenvalue weighted by molar-refractivity contribution is -0.390. The number of ether oxygens (including phenoxy) is 1. The largest absolute Gasteiger partial charge is 0.478 e. The molecular formula is C23H28O5. The molecule has 1 aromatic carbocycles. The molecule has 4 bridgehead atoms. The highest BCUT2D eigenvalue weighted by Gasteiger charge is 2.66. The maximum absolute atomic E-state index is 11.3. The Morgan fingerprint density at radius 1 is 0.964 bits per heavy atom. The molecule has 1 N–H and O–H groups in total. The number of benzene rings is 1. The predicted molar refractivity (Wildman–Crippen MR) is 100 cm³/mol. The molecule has 2 spiro atoms. The van der Waals surface area contributed by atoms with E-state index >= 15 is 0 Å². The molecule has 150 valence electrons. The van der Waals surface area contributed by atoms with Gasteiger partial charge in [0.1, 0.15) is 0 Å². The zero-order valence-electron chi connectivity index (χ0n) is 16.1. The molecule has 0 amide bonds. The van der Waals surface area contributed by atoms with E-state index in [-0.39, 0.29) is 0 Å². The number of hydrogen-bond donors (Lipinski definition) is 1. The van der Waals surface area contributed by atoms with Crippen LogP contribution in [0.2, 0.25) is 0 Å². The van der Waals surface area contributed by atoms with Crippen molar-refractivity contribution < 1.29 is 24.4 Å². The molecule has 1 aliphatic heterocycles. The van der Waals surface area contributed by atoms with E-state index in [0.717, 1.165) is 43.1 Å². The van der Waals surface area contributed by atoms with Crippen molar-refractivity contribution in [3.63, 3.8) is 0 Å². The molecule has 0 unspecified atom stereocenters. The summed E-state index contributed by atoms with van der Waals surface area (Å²) in [4.78, 5) is 23.4. The van der Waals surface area contributed by atoms with Gasteiger partial charge in [0.15, 0.2) is 0 Å². The molecule has 0 radical (unpaired) electrons. The smallest absolute Gasteiger partial charge is 0.335 e. The normalized spacial score (nSPS) is 46.5. The van der Waals surface area contributed by atoms with Crippen molar-refractivity contribution >= 4 is 5.97 Å². The first kappa shape index (κ1) is 17.4. The standard InChI is InChI=1S/C23H28O5/c24-21(25)18-3-1-2-17(13-18)16-4-6-22(7-5-16)26-23(28-27-22)19-9-14-8-15(11-19)12-20(23)10-14/h1-3,13-16,19-20H,4-12H2,(H,24,25). The van der Waals surface area contributed by atoms with E-state index < -0.39 is 17.5 Å². The van der Waals surface area contributed by atoms with Crippen molar-refractivity contribution in [1.29, 1.82) is 0 Å². The molecule has 1 aromatic rings. The van der Waals surface area contributed by atoms with Crippen molar-refractivity contribution in [2.45, 2.75) is 75.3 Å². The second-order valence-electron chi connectivity index (χ2n) is 9.91. The molecule has 5 nitrogen and oxygen atoms in total. The summed E-state index contributed by atoms with van der Waals surface area (Å²) in [7, 11) is 0. The van der Waals surface area contributed by atoms with Crippen LogP contribution in [-0.4, -0.2) is 22.7 Å². The average Bonchev–Trinajstić information content (AvgIpc) is 3.06. The van der Waals surface area contributed by atoms with E-state index in [9.17, 15) is 9.90 Å². The second kappa shape index (κ2) is 6.04. The van der Waals surface area contributed by atoms with E-state index in [1.54, 1.807) is 6.07 Å². The zero-order valence-corrected chi connectivity index (χ0v) is 16.1. The number of aromatic carboxylic acids is 1. The lowest BCUT2D eigenvalue weighted by atomic mass is 9.53. The van der Waals surface area contributed by atoms with Crippen LogP contribution in [0.25, 0.3) is 0 Å². The summed E-state index contributed by atoms with van der Waals surface area (Å²) < 4.78 is 6.76. The summed E-state index contributed by atoms with van der Waals surface area (Å²) >= 11 is 0. The van der Waals surface area contributed by atoms with Crippen LogP contribution in [-0.2, 0) is 14.5 Å². The van der Waals surface area contributed by atoms with Crippen molar-refractivity contribution in [3.8, 4) is 0 Å². The van der Waals surface area contributed by atoms with E-state index in [2.05, 4.69) is 0 Å². The Morgan fingerprint density at radius 2 is 1.64 bits per heavy atom. The minimum atomic E-state index is -0.867. The number of carboxylic acid groups (broad SMARTS) is 1. The minimum absolute atomic E-state index is 0.354. The number of carbonyl (C=O) groups is 1. The Morgan fingerprint density at radius 3 is 2.29 bits per heavy atom. The van der Waals surface area contributed by atoms with Gasteiger partial charge in [0.05, 0.1) is 5.56 Å². The molecule has 7 rings (SSSR count). The van der Waals surface area contributed by atoms with Crippen molar-refractivity contribution in [1.82, 2.24) is 0 Å². The summed E-state index contributed by atoms with van der Waals surface area (Å²) in [5.74, 6) is 1.12. The van der Waals surface area contributed by atoms with Crippen LogP contribution >= 0.6 is 0 Å². The molecule has 1 heterocycles. The van der Waals surface area contributed by atoms with Crippen LogP contribution in [0.5, 0.6) is 0 Å². The lowest BCUT2D eigenvalue weighted by Crippen LogP contribution is -2.59. The number of hydrogen-bond acceptors (Lipinski definition) is 4. The SMILES string of the molecule is O=C(O)c1cccc(C2CCC3(CC2)OOC2(O3)C3CC4CC(C3)CC2C4)c1. The molecule has 6 fully saturated rings. The van der Waals surface area contributed by atoms with Crippen LogP contribution in [0.15, 0.2) is 24.3 Å². The lowest BCUT2D eigenvalue weighted by Gasteiger charge is -2.57. The fraction of sp³-hybridized carbons (Fsp3) is 0.696. The highest BCUT2D eigenvalue weighted by molar-refractivity contribution is 5.87. The quantitative estimate of drug-likeness (QED) is 0.737. The van der Waals surface area contributed by atoms with Crippen molar-refractivity contribution in [2.24, 2.45) is 23.7 Å². The van der Waals surface area contributed by atoms with E-state index in [1.807, 2.05) is 18.2 Å². The van der Waals surface area contributed by atoms with Gasteiger partial charge in [0.25, 0.3) is 0 Å². The first-order chi connectivity index (χ1) is 13.6. The maximum Gasteiger partial charge on any atom is 0.335 e. The monoisotopic (exact) mass is 384 g/mol. The molecular weight excluding hydrogens is 356 g/mol. The number of carboxylic acids is 1. The third-order valence-electron chi connectivity index (χ3n) is 8.30. The summed E-state index contributed by atoms with van der Waals surface area (Å²) in [5.41, 5.74) is 1.47. The zero-order chi connectivity index (χ0) is 18.9. The van der Waals surface area contributed by atoms with Gasteiger partial charge in [-0.3, -0.25) is 0 Å². The first-order valence-corrected chi connectivity index (χ1v) is 11.0. The fourth-order valence-electron chi connectivity index (χ4n) is 7.11. The summed E-state index contributed by atoms with van der Waals surface area (Å²) in [6.45, 7) is 0. The third-order valence-corrected chi connectivity index (χ3v) is 8.30. The Hall–Kier alpha value is -1.43. The van der Waals surface area contributed by atoms with Gasteiger partial charge in [-0.15, -0.1) is 0 Å². The molecule has 0 aromatic heterocycles. The van der Waals surface area contributed by atoms with Crippen LogP contribution in [0.4, 0.5) is 0 Å². The van der Waals surface area contributed by atoms with E-state index in [4.69, 9.17) is 14.5 Å². The van der Waals surface area contributed by atoms with Crippen molar-refractivity contribution in [2.75, 3.05) is 0 Å². The minimum Gasteiger partial charge on any atom is -0.478 e. The Bertz CT molecular complexity index is 766. The highest BCUT2D eigenvalue weighted by atomic mass is 17.3. The molecule has 28 heavy (non-hydrogen) atoms. The van der Waals surface area contributed by atoms with Gasteiger partial charge >= 0.3 is 5.97 Å². The summed E-state index contributed by atoms with van der Waals surface area (Å²) in [5, 5.41) is 9.26. The highest BCUT2D eigenvalue weighted by Crippen LogP contribution is 2.64. The molecule has 0 atom stereocenters. The average molecular weight is 384 g/mol. The Labute approximate surface area is 165 Å². The molecule has 5 heteroatoms. The molecule has 1 saturated heterocycles. The fourth-order valence-corrected chi connectivity index (χ4v) is 7.11. The van der Waals surface area contributed by atoms with Crippen LogP contribution < -0.4 is 0 Å². The van der Waals surface area contributed by atoms with Gasteiger partial charge in [-0.05, 0) is 80.4 Å². The third kappa shape index (κ3) is 2.52. The van der Waals surface area contributed by atoms with Gasteiger partial charge in [-0.2, -0.15) is 9.78 Å². The Kier molecular flexibility index (Phi) is 3.76. The van der Waals surface area contributed by atoms with E-state index in [1.165, 1.54) is 32.1 Å². The Balaban J connectivity index is 1.17. The van der Waals surface area contributed by atoms with Gasteiger partial charge in [0, 0.05) is 24.7 Å². The van der Waals surface area contributed by atoms with E-state index in [0.29, 0.717) is 23.3 Å². The molecule has 5 aliphatic carbocycles. The first-order valence-electron chi connectivity index (χ1n) is 11.0. The van der Waals surface area contributed by atoms with Crippen LogP contribution in [0.3, 0.4) is 0 Å². The molecule has 5 saturated carbocycles. The topological polar surface area (TPSA) is 65.0 Å². The summed E-state index contributed by atoms with van der Waals surface area (Å²) in [6.07, 6.45) is 9.83. The maximum atomic E-state index is 11.3. The predicted octanol–water partition coefficient (Wildman–Crippen LogP) is 4.87. The van der Waals surface area contributed by atoms with Crippen molar-refractivity contribution in [3.05, 3.63) is 35.4 Å².